The van der Waals surface area contributed by atoms with Gasteiger partial charge in [0, 0.05) is 24.5 Å². The average Bonchev–Trinajstić information content (AvgIpc) is 2.59. The number of nitrogens with zero attached hydrogens (tertiary/aromatic N) is 4. The molecule has 124 valence electrons. The number of hydrogen-bond donors (Lipinski definition) is 2. The number of guanidine groups is 1. The Bertz CT molecular complexity index is 1100. The lowest BCUT2D eigenvalue weighted by Gasteiger charge is -2.34. The van der Waals surface area contributed by atoms with E-state index in [1.165, 1.54) is 12.1 Å². The number of aromatic amines is 2. The van der Waals surface area contributed by atoms with Crippen LogP contribution in [0.3, 0.4) is 0 Å². The van der Waals surface area contributed by atoms with E-state index in [1.807, 2.05) is 0 Å². The molecule has 0 fully saturated rings. The van der Waals surface area contributed by atoms with E-state index in [4.69, 9.17) is 12.2 Å². The number of benzene rings is 1. The summed E-state index contributed by atoms with van der Waals surface area (Å²) in [5, 5.41) is 11.1. The van der Waals surface area contributed by atoms with Crippen LogP contribution in [0.2, 0.25) is 0 Å². The maximum absolute atomic E-state index is 12.5. The Morgan fingerprint density at radius 3 is 2.96 bits per heavy atom. The van der Waals surface area contributed by atoms with Crippen LogP contribution in [0.1, 0.15) is 17.2 Å². The largest absolute Gasteiger partial charge is 0.316 e. The Balaban J connectivity index is 2.00. The van der Waals surface area contributed by atoms with Crippen molar-refractivity contribution in [3.63, 3.8) is 0 Å². The van der Waals surface area contributed by atoms with Crippen LogP contribution >= 0.6 is 12.2 Å². The van der Waals surface area contributed by atoms with E-state index in [9.17, 15) is 14.9 Å². The minimum atomic E-state index is -0.619. The molecule has 0 radical (unpaired) electrons. The minimum absolute atomic E-state index is 0.0621. The molecule has 1 atom stereocenters. The summed E-state index contributed by atoms with van der Waals surface area (Å²) in [6.07, 6.45) is 5.00. The van der Waals surface area contributed by atoms with Crippen LogP contribution in [0.4, 0.5) is 11.5 Å². The molecule has 10 heteroatoms. The number of nitrogens with one attached hydrogen (secondary N) is 2. The van der Waals surface area contributed by atoms with E-state index in [2.05, 4.69) is 20.0 Å². The molecule has 1 aromatic carbocycles. The van der Waals surface area contributed by atoms with Gasteiger partial charge < -0.3 is 9.88 Å². The SMILES string of the molecule is O=c1[nH]c(=S)[nH]c2c1C(c1cccc([N+](=O)[O-])c1)N1C=CC=NC1=N2. The van der Waals surface area contributed by atoms with E-state index in [0.717, 1.165) is 0 Å². The fourth-order valence-electron chi connectivity index (χ4n) is 2.86. The van der Waals surface area contributed by atoms with E-state index in [1.54, 1.807) is 35.5 Å². The second-order valence-corrected chi connectivity index (χ2v) is 5.77. The van der Waals surface area contributed by atoms with Crippen LogP contribution in [0.25, 0.3) is 0 Å². The van der Waals surface area contributed by atoms with Crippen molar-refractivity contribution in [3.8, 4) is 0 Å². The molecule has 0 bridgehead atoms. The molecule has 0 saturated heterocycles. The molecule has 4 rings (SSSR count). The zero-order chi connectivity index (χ0) is 17.6. The van der Waals surface area contributed by atoms with Crippen LogP contribution in [-0.4, -0.2) is 32.0 Å². The predicted octanol–water partition coefficient (Wildman–Crippen LogP) is 2.33. The zero-order valence-corrected chi connectivity index (χ0v) is 13.4. The number of allylic oxidation sites excluding steroid dienone is 1. The van der Waals surface area contributed by atoms with Crippen LogP contribution in [0.15, 0.2) is 51.3 Å². The molecule has 2 aliphatic rings. The average molecular weight is 354 g/mol. The molecule has 2 N–H and O–H groups in total. The number of nitro benzene ring substituents is 1. The van der Waals surface area contributed by atoms with Crippen LogP contribution in [0, 0.1) is 14.9 Å². The Morgan fingerprint density at radius 1 is 1.32 bits per heavy atom. The number of aliphatic imine (C=N–C) groups is 2. The molecule has 0 spiro atoms. The molecule has 25 heavy (non-hydrogen) atoms. The lowest BCUT2D eigenvalue weighted by molar-refractivity contribution is -0.384. The highest BCUT2D eigenvalue weighted by molar-refractivity contribution is 7.71. The maximum Gasteiger partial charge on any atom is 0.269 e. The van der Waals surface area contributed by atoms with Gasteiger partial charge in [-0.3, -0.25) is 19.9 Å². The van der Waals surface area contributed by atoms with Gasteiger partial charge in [0.2, 0.25) is 5.96 Å². The number of non-ortho nitro benzene ring substituents is 1. The van der Waals surface area contributed by atoms with Gasteiger partial charge in [0.25, 0.3) is 11.2 Å². The van der Waals surface area contributed by atoms with Gasteiger partial charge in [-0.1, -0.05) is 12.1 Å². The third-order valence-electron chi connectivity index (χ3n) is 3.87. The summed E-state index contributed by atoms with van der Waals surface area (Å²) in [5.74, 6) is 0.659. The highest BCUT2D eigenvalue weighted by Gasteiger charge is 2.34. The third kappa shape index (κ3) is 2.48. The number of hydrogen-bond acceptors (Lipinski definition) is 7. The third-order valence-corrected chi connectivity index (χ3v) is 4.08. The summed E-state index contributed by atoms with van der Waals surface area (Å²) in [7, 11) is 0. The first-order valence-corrected chi connectivity index (χ1v) is 7.64. The second-order valence-electron chi connectivity index (χ2n) is 5.36. The standard InChI is InChI=1S/C15H10N6O3S/c22-13-10-11(8-3-1-4-9(7-8)21(23)24)20-6-2-5-16-14(20)17-12(10)18-15(25)19-13/h1-7,11H,(H2,18,19,22,25). The van der Waals surface area contributed by atoms with E-state index in [0.29, 0.717) is 22.9 Å². The summed E-state index contributed by atoms with van der Waals surface area (Å²) in [5.41, 5.74) is 0.425. The Hall–Kier alpha value is -3.40. The van der Waals surface area contributed by atoms with Gasteiger partial charge in [-0.25, -0.2) is 4.99 Å². The van der Waals surface area contributed by atoms with Gasteiger partial charge in [-0.05, 0) is 23.9 Å². The minimum Gasteiger partial charge on any atom is -0.316 e. The van der Waals surface area contributed by atoms with Crippen LogP contribution in [-0.2, 0) is 0 Å². The van der Waals surface area contributed by atoms with Gasteiger partial charge in [0.1, 0.15) is 5.82 Å². The van der Waals surface area contributed by atoms with Crippen molar-refractivity contribution in [2.24, 2.45) is 9.98 Å². The molecular weight excluding hydrogens is 344 g/mol. The summed E-state index contributed by atoms with van der Waals surface area (Å²) in [6.45, 7) is 0. The molecule has 1 unspecified atom stereocenters. The van der Waals surface area contributed by atoms with Crippen molar-refractivity contribution >= 4 is 35.9 Å². The zero-order valence-electron chi connectivity index (χ0n) is 12.5. The number of fused-ring (bicyclic) bond motifs is 2. The number of rotatable bonds is 2. The molecule has 0 aliphatic carbocycles. The molecule has 0 saturated carbocycles. The smallest absolute Gasteiger partial charge is 0.269 e. The van der Waals surface area contributed by atoms with Crippen LogP contribution in [0.5, 0.6) is 0 Å². The molecule has 2 aromatic rings. The van der Waals surface area contributed by atoms with Crippen molar-refractivity contribution in [2.75, 3.05) is 0 Å². The predicted molar refractivity (Wildman–Crippen MR) is 93.8 cm³/mol. The summed E-state index contributed by atoms with van der Waals surface area (Å²) in [6, 6.07) is 5.51. The van der Waals surface area contributed by atoms with Crippen molar-refractivity contribution in [2.45, 2.75) is 6.04 Å². The number of H-pyrrole nitrogens is 2. The van der Waals surface area contributed by atoms with E-state index >= 15 is 0 Å². The first kappa shape index (κ1) is 15.1. The van der Waals surface area contributed by atoms with E-state index < -0.39 is 16.5 Å². The van der Waals surface area contributed by atoms with Gasteiger partial charge in [0.15, 0.2) is 4.77 Å². The summed E-state index contributed by atoms with van der Waals surface area (Å²) in [4.78, 5) is 38.8. The highest BCUT2D eigenvalue weighted by Crippen LogP contribution is 2.37. The van der Waals surface area contributed by atoms with Gasteiger partial charge >= 0.3 is 0 Å². The molecule has 2 aliphatic heterocycles. The molecule has 3 heterocycles. The van der Waals surface area contributed by atoms with E-state index in [-0.39, 0.29) is 10.5 Å². The monoisotopic (exact) mass is 354 g/mol. The Labute approximate surface area is 145 Å². The number of aromatic nitrogens is 2. The normalized spacial score (nSPS) is 17.7. The first-order chi connectivity index (χ1) is 12.0. The van der Waals surface area contributed by atoms with Crippen molar-refractivity contribution in [1.82, 2.24) is 14.9 Å². The lowest BCUT2D eigenvalue weighted by Crippen LogP contribution is -2.37. The molecule has 1 aromatic heterocycles. The van der Waals surface area contributed by atoms with Gasteiger partial charge in [-0.2, -0.15) is 4.99 Å². The van der Waals surface area contributed by atoms with Crippen molar-refractivity contribution in [3.05, 3.63) is 72.9 Å². The van der Waals surface area contributed by atoms with Crippen molar-refractivity contribution < 1.29 is 4.92 Å². The Kier molecular flexibility index (Phi) is 3.39. The maximum atomic E-state index is 12.5. The second kappa shape index (κ2) is 5.60. The lowest BCUT2D eigenvalue weighted by atomic mass is 9.97. The highest BCUT2D eigenvalue weighted by atomic mass is 32.1. The molecule has 9 nitrogen and oxygen atoms in total. The fourth-order valence-corrected chi connectivity index (χ4v) is 3.05. The topological polar surface area (TPSA) is 120 Å². The number of nitro groups is 1. The summed E-state index contributed by atoms with van der Waals surface area (Å²) < 4.78 is 0.148. The first-order valence-electron chi connectivity index (χ1n) is 7.23. The van der Waals surface area contributed by atoms with Gasteiger partial charge in [-0.15, -0.1) is 0 Å². The van der Waals surface area contributed by atoms with Crippen molar-refractivity contribution in [1.29, 1.82) is 0 Å². The molecule has 0 amide bonds. The fraction of sp³-hybridized carbons (Fsp3) is 0.0667. The summed E-state index contributed by atoms with van der Waals surface area (Å²) >= 11 is 5.01. The molecular formula is C15H10N6O3S. The van der Waals surface area contributed by atoms with Crippen LogP contribution < -0.4 is 5.56 Å². The quantitative estimate of drug-likeness (QED) is 0.487. The Morgan fingerprint density at radius 2 is 2.16 bits per heavy atom. The van der Waals surface area contributed by atoms with Gasteiger partial charge in [0.05, 0.1) is 16.5 Å².